The molecule has 2 atom stereocenters. The quantitative estimate of drug-likeness (QED) is 0.774. The lowest BCUT2D eigenvalue weighted by Crippen LogP contribution is -2.48. The largest absolute Gasteiger partial charge is 0.337 e. The third-order valence-corrected chi connectivity index (χ3v) is 4.70. The summed E-state index contributed by atoms with van der Waals surface area (Å²) in [6.07, 6.45) is 5.34. The zero-order valence-electron chi connectivity index (χ0n) is 11.2. The summed E-state index contributed by atoms with van der Waals surface area (Å²) in [5.74, 6) is 1.30. The van der Waals surface area contributed by atoms with E-state index in [4.69, 9.17) is 0 Å². The van der Waals surface area contributed by atoms with E-state index in [-0.39, 0.29) is 23.9 Å². The van der Waals surface area contributed by atoms with E-state index in [1.807, 2.05) is 4.90 Å². The smallest absolute Gasteiger partial charge is 0.245 e. The highest BCUT2D eigenvalue weighted by Crippen LogP contribution is 2.25. The maximum Gasteiger partial charge on any atom is 0.245 e. The first-order valence-corrected chi connectivity index (χ1v) is 8.17. The van der Waals surface area contributed by atoms with Crippen molar-refractivity contribution >= 4 is 23.6 Å². The molecular weight excluding hydrogens is 248 g/mol. The Balaban J connectivity index is 2.16. The van der Waals surface area contributed by atoms with Gasteiger partial charge >= 0.3 is 0 Å². The van der Waals surface area contributed by atoms with Gasteiger partial charge in [-0.05, 0) is 25.5 Å². The molecule has 5 heteroatoms. The van der Waals surface area contributed by atoms with E-state index in [0.717, 1.165) is 31.6 Å². The molecule has 2 heterocycles. The number of carbonyl (C=O) groups excluding carboxylic acids is 2. The molecule has 2 unspecified atom stereocenters. The van der Waals surface area contributed by atoms with Crippen molar-refractivity contribution in [2.75, 3.05) is 25.1 Å². The summed E-state index contributed by atoms with van der Waals surface area (Å²) in [5.41, 5.74) is 0. The first kappa shape index (κ1) is 13.7. The Hall–Kier alpha value is -0.710. The van der Waals surface area contributed by atoms with Crippen LogP contribution in [0.2, 0.25) is 0 Å². The zero-order chi connectivity index (χ0) is 13.1. The van der Waals surface area contributed by atoms with Gasteiger partial charge in [0.15, 0.2) is 0 Å². The van der Waals surface area contributed by atoms with Gasteiger partial charge in [-0.3, -0.25) is 9.59 Å². The van der Waals surface area contributed by atoms with Crippen molar-refractivity contribution in [3.05, 3.63) is 0 Å². The maximum atomic E-state index is 12.6. The molecule has 0 bridgehead atoms. The molecule has 0 radical (unpaired) electrons. The fourth-order valence-corrected chi connectivity index (χ4v) is 3.77. The van der Waals surface area contributed by atoms with Crippen molar-refractivity contribution in [1.29, 1.82) is 0 Å². The summed E-state index contributed by atoms with van der Waals surface area (Å²) in [4.78, 5) is 28.3. The molecular formula is C13H22N2O2S. The van der Waals surface area contributed by atoms with Crippen molar-refractivity contribution in [2.24, 2.45) is 0 Å². The minimum absolute atomic E-state index is 0.160. The molecule has 0 N–H and O–H groups in total. The summed E-state index contributed by atoms with van der Waals surface area (Å²) < 4.78 is 0. The van der Waals surface area contributed by atoms with Crippen LogP contribution in [0.5, 0.6) is 0 Å². The van der Waals surface area contributed by atoms with Crippen LogP contribution in [-0.2, 0) is 9.59 Å². The summed E-state index contributed by atoms with van der Waals surface area (Å²) in [5, 5.41) is 0. The van der Waals surface area contributed by atoms with Crippen molar-refractivity contribution in [3.8, 4) is 0 Å². The van der Waals surface area contributed by atoms with Crippen molar-refractivity contribution in [2.45, 2.75) is 44.7 Å². The fourth-order valence-electron chi connectivity index (χ4n) is 2.97. The van der Waals surface area contributed by atoms with Gasteiger partial charge < -0.3 is 9.80 Å². The van der Waals surface area contributed by atoms with Crippen LogP contribution in [0.4, 0.5) is 0 Å². The molecule has 2 aliphatic heterocycles. The normalized spacial score (nSPS) is 26.2. The lowest BCUT2D eigenvalue weighted by atomic mass is 10.1. The molecule has 18 heavy (non-hydrogen) atoms. The molecule has 0 aromatic carbocycles. The summed E-state index contributed by atoms with van der Waals surface area (Å²) in [7, 11) is 0. The van der Waals surface area contributed by atoms with E-state index in [9.17, 15) is 9.59 Å². The van der Waals surface area contributed by atoms with Crippen LogP contribution >= 0.6 is 11.8 Å². The number of fused-ring (bicyclic) bond motifs is 1. The molecule has 2 aliphatic rings. The molecule has 2 rings (SSSR count). The minimum atomic E-state index is -0.170. The Labute approximate surface area is 113 Å². The standard InChI is InChI=1S/C13H22N2O2S/c1-3-10(9-18-2)14-8-6-12(16)15-7-4-5-11(15)13(14)17/h10-11H,3-9H2,1-2H3. The van der Waals surface area contributed by atoms with Crippen LogP contribution < -0.4 is 0 Å². The average Bonchev–Trinajstić information content (AvgIpc) is 2.82. The van der Waals surface area contributed by atoms with Crippen molar-refractivity contribution < 1.29 is 9.59 Å². The molecule has 4 nitrogen and oxygen atoms in total. The first-order valence-electron chi connectivity index (χ1n) is 6.78. The van der Waals surface area contributed by atoms with Gasteiger partial charge in [0.25, 0.3) is 0 Å². The number of hydrogen-bond donors (Lipinski definition) is 0. The number of thioether (sulfide) groups is 1. The molecule has 102 valence electrons. The van der Waals surface area contributed by atoms with Crippen molar-refractivity contribution in [3.63, 3.8) is 0 Å². The van der Waals surface area contributed by atoms with Crippen LogP contribution in [0.25, 0.3) is 0 Å². The van der Waals surface area contributed by atoms with E-state index in [1.54, 1.807) is 16.7 Å². The fraction of sp³-hybridized carbons (Fsp3) is 0.846. The Bertz CT molecular complexity index is 335. The Kier molecular flexibility index (Phi) is 4.54. The summed E-state index contributed by atoms with van der Waals surface area (Å²) in [6.45, 7) is 3.49. The lowest BCUT2D eigenvalue weighted by molar-refractivity contribution is -0.140. The summed E-state index contributed by atoms with van der Waals surface area (Å²) >= 11 is 1.77. The second-order valence-electron chi connectivity index (χ2n) is 5.04. The Morgan fingerprint density at radius 2 is 2.17 bits per heavy atom. The second kappa shape index (κ2) is 5.95. The number of carbonyl (C=O) groups is 2. The molecule has 0 aromatic heterocycles. The van der Waals surface area contributed by atoms with E-state index >= 15 is 0 Å². The molecule has 2 saturated heterocycles. The minimum Gasteiger partial charge on any atom is -0.337 e. The highest BCUT2D eigenvalue weighted by atomic mass is 32.2. The third kappa shape index (κ3) is 2.51. The maximum absolute atomic E-state index is 12.6. The Morgan fingerprint density at radius 3 is 2.83 bits per heavy atom. The predicted molar refractivity (Wildman–Crippen MR) is 73.5 cm³/mol. The van der Waals surface area contributed by atoms with Crippen LogP contribution in [0.1, 0.15) is 32.6 Å². The van der Waals surface area contributed by atoms with Gasteiger partial charge in [-0.15, -0.1) is 0 Å². The van der Waals surface area contributed by atoms with Crippen LogP contribution in [-0.4, -0.2) is 58.8 Å². The first-order chi connectivity index (χ1) is 8.69. The number of hydrogen-bond acceptors (Lipinski definition) is 3. The number of rotatable bonds is 4. The topological polar surface area (TPSA) is 40.6 Å². The molecule has 0 spiro atoms. The van der Waals surface area contributed by atoms with Crippen LogP contribution in [0.3, 0.4) is 0 Å². The molecule has 2 amide bonds. The van der Waals surface area contributed by atoms with Gasteiger partial charge in [-0.2, -0.15) is 11.8 Å². The third-order valence-electron chi connectivity index (χ3n) is 3.98. The van der Waals surface area contributed by atoms with E-state index < -0.39 is 0 Å². The van der Waals surface area contributed by atoms with Gasteiger partial charge in [-0.1, -0.05) is 6.92 Å². The molecule has 0 aromatic rings. The van der Waals surface area contributed by atoms with Crippen LogP contribution in [0, 0.1) is 0 Å². The van der Waals surface area contributed by atoms with Crippen molar-refractivity contribution in [1.82, 2.24) is 9.80 Å². The van der Waals surface area contributed by atoms with Gasteiger partial charge in [0.05, 0.1) is 0 Å². The Morgan fingerprint density at radius 1 is 1.39 bits per heavy atom. The van der Waals surface area contributed by atoms with Gasteiger partial charge in [-0.25, -0.2) is 0 Å². The summed E-state index contributed by atoms with van der Waals surface area (Å²) in [6, 6.07) is 0.108. The van der Waals surface area contributed by atoms with Crippen LogP contribution in [0.15, 0.2) is 0 Å². The predicted octanol–water partition coefficient (Wildman–Crippen LogP) is 1.35. The van der Waals surface area contributed by atoms with E-state index in [0.29, 0.717) is 13.0 Å². The van der Waals surface area contributed by atoms with Gasteiger partial charge in [0.1, 0.15) is 6.04 Å². The zero-order valence-corrected chi connectivity index (χ0v) is 12.0. The number of amides is 2. The molecule has 0 saturated carbocycles. The number of nitrogens with zero attached hydrogens (tertiary/aromatic N) is 2. The monoisotopic (exact) mass is 270 g/mol. The highest BCUT2D eigenvalue weighted by Gasteiger charge is 2.40. The molecule has 0 aliphatic carbocycles. The SMILES string of the molecule is CCC(CSC)N1CCC(=O)N2CCCC2C1=O. The van der Waals surface area contributed by atoms with E-state index in [1.165, 1.54) is 0 Å². The van der Waals surface area contributed by atoms with E-state index in [2.05, 4.69) is 13.2 Å². The van der Waals surface area contributed by atoms with Gasteiger partial charge in [0, 0.05) is 31.3 Å². The highest BCUT2D eigenvalue weighted by molar-refractivity contribution is 7.98. The lowest BCUT2D eigenvalue weighted by Gasteiger charge is -2.31. The average molecular weight is 270 g/mol. The second-order valence-corrected chi connectivity index (χ2v) is 5.95. The van der Waals surface area contributed by atoms with Gasteiger partial charge in [0.2, 0.25) is 11.8 Å². The molecule has 2 fully saturated rings.